The molecule has 1 aromatic rings. The third kappa shape index (κ3) is 2.78. The monoisotopic (exact) mass is 267 g/mol. The first-order valence-corrected chi connectivity index (χ1v) is 6.64. The molecule has 0 saturated heterocycles. The number of nitrogens with zero attached hydrogens (tertiary/aromatic N) is 2. The molecule has 1 fully saturated rings. The molecule has 2 rings (SSSR count). The molecule has 106 valence electrons. The van der Waals surface area contributed by atoms with Crippen molar-refractivity contribution in [3.8, 4) is 0 Å². The summed E-state index contributed by atoms with van der Waals surface area (Å²) in [6.07, 6.45) is 2.88. The minimum Gasteiger partial charge on any atom is -0.481 e. The fourth-order valence-electron chi connectivity index (χ4n) is 3.02. The first-order valence-electron chi connectivity index (χ1n) is 6.64. The lowest BCUT2D eigenvalue weighted by atomic mass is 9.61. The van der Waals surface area contributed by atoms with Crippen LogP contribution in [-0.4, -0.2) is 27.3 Å². The number of nitrogens with one attached hydrogen (secondary N) is 1. The second kappa shape index (κ2) is 5.28. The van der Waals surface area contributed by atoms with Crippen LogP contribution >= 0.6 is 0 Å². The Labute approximate surface area is 112 Å². The van der Waals surface area contributed by atoms with Gasteiger partial charge in [0, 0.05) is 6.04 Å². The van der Waals surface area contributed by atoms with E-state index in [2.05, 4.69) is 22.4 Å². The molecule has 1 aliphatic rings. The minimum absolute atomic E-state index is 0.223. The van der Waals surface area contributed by atoms with Gasteiger partial charge in [0.2, 0.25) is 6.39 Å². The lowest BCUT2D eigenvalue weighted by Gasteiger charge is -2.46. The third-order valence-electron chi connectivity index (χ3n) is 4.67. The zero-order valence-electron chi connectivity index (χ0n) is 11.6. The SMILES string of the molecule is CC1C(NCc2ncon2)CCC(C(=O)O)C1(C)C. The molecule has 1 heterocycles. The lowest BCUT2D eigenvalue weighted by Crippen LogP contribution is -2.50. The maximum absolute atomic E-state index is 11.3. The topological polar surface area (TPSA) is 88.3 Å². The fraction of sp³-hybridized carbons (Fsp3) is 0.769. The van der Waals surface area contributed by atoms with Crippen LogP contribution in [0.5, 0.6) is 0 Å². The van der Waals surface area contributed by atoms with Crippen molar-refractivity contribution < 1.29 is 14.4 Å². The Morgan fingerprint density at radius 1 is 1.58 bits per heavy atom. The molecule has 1 aromatic heterocycles. The molecular formula is C13H21N3O3. The minimum atomic E-state index is -0.687. The molecule has 3 atom stereocenters. The van der Waals surface area contributed by atoms with Crippen molar-refractivity contribution in [1.29, 1.82) is 0 Å². The first kappa shape index (κ1) is 14.0. The van der Waals surface area contributed by atoms with E-state index in [1.165, 1.54) is 6.39 Å². The highest BCUT2D eigenvalue weighted by molar-refractivity contribution is 5.71. The molecule has 1 saturated carbocycles. The van der Waals surface area contributed by atoms with Gasteiger partial charge in [0.1, 0.15) is 0 Å². The van der Waals surface area contributed by atoms with Gasteiger partial charge in [0.15, 0.2) is 5.82 Å². The molecule has 0 bridgehead atoms. The highest BCUT2D eigenvalue weighted by Gasteiger charge is 2.46. The Bertz CT molecular complexity index is 430. The van der Waals surface area contributed by atoms with Gasteiger partial charge < -0.3 is 14.9 Å². The molecule has 2 N–H and O–H groups in total. The highest BCUT2D eigenvalue weighted by atomic mass is 16.5. The average molecular weight is 267 g/mol. The van der Waals surface area contributed by atoms with Gasteiger partial charge in [-0.3, -0.25) is 4.79 Å². The molecule has 19 heavy (non-hydrogen) atoms. The Morgan fingerprint density at radius 2 is 2.32 bits per heavy atom. The molecule has 0 aromatic carbocycles. The Hall–Kier alpha value is -1.43. The Kier molecular flexibility index (Phi) is 3.89. The molecule has 6 heteroatoms. The van der Waals surface area contributed by atoms with Crippen LogP contribution < -0.4 is 5.32 Å². The zero-order valence-corrected chi connectivity index (χ0v) is 11.6. The van der Waals surface area contributed by atoms with Gasteiger partial charge in [-0.25, -0.2) is 0 Å². The van der Waals surface area contributed by atoms with E-state index in [0.717, 1.165) is 6.42 Å². The normalized spacial score (nSPS) is 30.2. The molecule has 0 amide bonds. The Balaban J connectivity index is 1.99. The maximum Gasteiger partial charge on any atom is 0.307 e. The van der Waals surface area contributed by atoms with E-state index in [-0.39, 0.29) is 23.3 Å². The predicted octanol–water partition coefficient (Wildman–Crippen LogP) is 1.68. The molecular weight excluding hydrogens is 246 g/mol. The van der Waals surface area contributed by atoms with Gasteiger partial charge in [-0.05, 0) is 24.2 Å². The van der Waals surface area contributed by atoms with E-state index in [1.54, 1.807) is 0 Å². The quantitative estimate of drug-likeness (QED) is 0.863. The predicted molar refractivity (Wildman–Crippen MR) is 68.2 cm³/mol. The summed E-state index contributed by atoms with van der Waals surface area (Å²) in [5.74, 6) is -0.0567. The maximum atomic E-state index is 11.3. The Morgan fingerprint density at radius 3 is 2.89 bits per heavy atom. The van der Waals surface area contributed by atoms with Crippen LogP contribution in [0, 0.1) is 17.3 Å². The summed E-state index contributed by atoms with van der Waals surface area (Å²) in [5.41, 5.74) is -0.223. The van der Waals surface area contributed by atoms with Crippen LogP contribution in [-0.2, 0) is 11.3 Å². The van der Waals surface area contributed by atoms with Gasteiger partial charge in [-0.2, -0.15) is 4.98 Å². The van der Waals surface area contributed by atoms with Gasteiger partial charge in [0.05, 0.1) is 12.5 Å². The first-order chi connectivity index (χ1) is 8.93. The number of carbonyl (C=O) groups is 1. The van der Waals surface area contributed by atoms with Crippen molar-refractivity contribution in [2.45, 2.75) is 46.2 Å². The summed E-state index contributed by atoms with van der Waals surface area (Å²) in [7, 11) is 0. The van der Waals surface area contributed by atoms with Gasteiger partial charge >= 0.3 is 5.97 Å². The summed E-state index contributed by atoms with van der Waals surface area (Å²) < 4.78 is 4.69. The number of aliphatic carboxylic acids is 1. The zero-order chi connectivity index (χ0) is 14.0. The number of rotatable bonds is 4. The molecule has 0 spiro atoms. The van der Waals surface area contributed by atoms with Gasteiger partial charge in [-0.15, -0.1) is 0 Å². The summed E-state index contributed by atoms with van der Waals surface area (Å²) in [5, 5.41) is 16.5. The van der Waals surface area contributed by atoms with Crippen molar-refractivity contribution in [3.63, 3.8) is 0 Å². The highest BCUT2D eigenvalue weighted by Crippen LogP contribution is 2.45. The van der Waals surface area contributed by atoms with E-state index in [0.29, 0.717) is 18.8 Å². The fourth-order valence-corrected chi connectivity index (χ4v) is 3.02. The molecule has 0 radical (unpaired) electrons. The smallest absolute Gasteiger partial charge is 0.307 e. The summed E-state index contributed by atoms with van der Waals surface area (Å²) in [6.45, 7) is 6.75. The van der Waals surface area contributed by atoms with E-state index in [9.17, 15) is 9.90 Å². The summed E-state index contributed by atoms with van der Waals surface area (Å²) in [6, 6.07) is 0.282. The second-order valence-corrected chi connectivity index (χ2v) is 5.91. The van der Waals surface area contributed by atoms with Crippen LogP contribution in [0.3, 0.4) is 0 Å². The van der Waals surface area contributed by atoms with Crippen LogP contribution in [0.15, 0.2) is 10.9 Å². The lowest BCUT2D eigenvalue weighted by molar-refractivity contribution is -0.150. The van der Waals surface area contributed by atoms with Crippen molar-refractivity contribution in [1.82, 2.24) is 15.5 Å². The molecule has 6 nitrogen and oxygen atoms in total. The van der Waals surface area contributed by atoms with Crippen molar-refractivity contribution >= 4 is 5.97 Å². The van der Waals surface area contributed by atoms with Crippen LogP contribution in [0.4, 0.5) is 0 Å². The summed E-state index contributed by atoms with van der Waals surface area (Å²) >= 11 is 0. The molecule has 3 unspecified atom stereocenters. The number of carboxylic acid groups (broad SMARTS) is 1. The van der Waals surface area contributed by atoms with E-state index in [4.69, 9.17) is 4.52 Å². The van der Waals surface area contributed by atoms with Gasteiger partial charge in [0.25, 0.3) is 0 Å². The number of hydrogen-bond acceptors (Lipinski definition) is 5. The van der Waals surface area contributed by atoms with Crippen LogP contribution in [0.1, 0.15) is 39.4 Å². The van der Waals surface area contributed by atoms with Crippen molar-refractivity contribution in [2.24, 2.45) is 17.3 Å². The number of hydrogen-bond donors (Lipinski definition) is 2. The van der Waals surface area contributed by atoms with Crippen LogP contribution in [0.25, 0.3) is 0 Å². The third-order valence-corrected chi connectivity index (χ3v) is 4.67. The largest absolute Gasteiger partial charge is 0.481 e. The molecule has 0 aliphatic heterocycles. The number of aromatic nitrogens is 2. The van der Waals surface area contributed by atoms with Crippen molar-refractivity contribution in [3.05, 3.63) is 12.2 Å². The second-order valence-electron chi connectivity index (χ2n) is 5.91. The average Bonchev–Trinajstić information content (AvgIpc) is 2.83. The standard InChI is InChI=1S/C13H21N3O3/c1-8-10(14-6-11-15-7-19-16-11)5-4-9(12(17)18)13(8,2)3/h7-10,14H,4-6H2,1-3H3,(H,17,18). The van der Waals surface area contributed by atoms with Crippen LogP contribution in [0.2, 0.25) is 0 Å². The molecule has 1 aliphatic carbocycles. The summed E-state index contributed by atoms with van der Waals surface area (Å²) in [4.78, 5) is 15.3. The number of carboxylic acids is 1. The van der Waals surface area contributed by atoms with E-state index < -0.39 is 5.97 Å². The van der Waals surface area contributed by atoms with E-state index >= 15 is 0 Å². The van der Waals surface area contributed by atoms with Gasteiger partial charge in [-0.1, -0.05) is 25.9 Å². The van der Waals surface area contributed by atoms with Crippen molar-refractivity contribution in [2.75, 3.05) is 0 Å². The van der Waals surface area contributed by atoms with E-state index in [1.807, 2.05) is 13.8 Å².